The molecule has 0 spiro atoms. The van der Waals surface area contributed by atoms with Crippen LogP contribution in [0.3, 0.4) is 0 Å². The van der Waals surface area contributed by atoms with Crippen LogP contribution in [0.5, 0.6) is 0 Å². The number of aromatic nitrogens is 2. The largest absolute Gasteiger partial charge is 0.399 e. The van der Waals surface area contributed by atoms with E-state index in [0.717, 1.165) is 22.2 Å². The van der Waals surface area contributed by atoms with E-state index < -0.39 is 0 Å². The van der Waals surface area contributed by atoms with Gasteiger partial charge in [0.15, 0.2) is 0 Å². The Balaban J connectivity index is 2.03. The van der Waals surface area contributed by atoms with Gasteiger partial charge in [-0.15, -0.1) is 0 Å². The van der Waals surface area contributed by atoms with Gasteiger partial charge in [-0.2, -0.15) is 0 Å². The number of hydrogen-bond acceptors (Lipinski definition) is 3. The molecule has 0 aliphatic carbocycles. The van der Waals surface area contributed by atoms with Crippen LogP contribution in [-0.4, -0.2) is 9.97 Å². The van der Waals surface area contributed by atoms with E-state index in [1.54, 1.807) is 0 Å². The predicted octanol–water partition coefficient (Wildman–Crippen LogP) is 1.49. The highest BCUT2D eigenvalue weighted by Crippen LogP contribution is 2.22. The van der Waals surface area contributed by atoms with Gasteiger partial charge in [0.2, 0.25) is 0 Å². The fraction of sp³-hybridized carbons (Fsp3) is 0.0714. The van der Waals surface area contributed by atoms with Crippen molar-refractivity contribution in [2.45, 2.75) is 6.04 Å². The van der Waals surface area contributed by atoms with Crippen LogP contribution in [0.4, 0.5) is 5.69 Å². The Morgan fingerprint density at radius 2 is 1.53 bits per heavy atom. The summed E-state index contributed by atoms with van der Waals surface area (Å²) in [5.74, 6) is 0. The number of nitrogens with two attached hydrogens (primary N) is 2. The van der Waals surface area contributed by atoms with Crippen LogP contribution < -0.4 is 17.2 Å². The zero-order chi connectivity index (χ0) is 13.4. The van der Waals surface area contributed by atoms with Gasteiger partial charge < -0.3 is 21.4 Å². The van der Waals surface area contributed by atoms with Crippen molar-refractivity contribution >= 4 is 16.7 Å². The molecule has 2 aromatic carbocycles. The first kappa shape index (κ1) is 11.6. The molecule has 96 valence electrons. The third-order valence-corrected chi connectivity index (χ3v) is 3.19. The van der Waals surface area contributed by atoms with Gasteiger partial charge in [-0.25, -0.2) is 4.79 Å². The van der Waals surface area contributed by atoms with Gasteiger partial charge in [0.1, 0.15) is 0 Å². The molecule has 5 nitrogen and oxygen atoms in total. The van der Waals surface area contributed by atoms with Crippen LogP contribution >= 0.6 is 0 Å². The first-order valence-electron chi connectivity index (χ1n) is 5.96. The smallest absolute Gasteiger partial charge is 0.323 e. The molecule has 0 aliphatic heterocycles. The highest BCUT2D eigenvalue weighted by molar-refractivity contribution is 5.75. The minimum Gasteiger partial charge on any atom is -0.399 e. The lowest BCUT2D eigenvalue weighted by Gasteiger charge is -2.12. The highest BCUT2D eigenvalue weighted by atomic mass is 16.1. The predicted molar refractivity (Wildman–Crippen MR) is 75.8 cm³/mol. The molecule has 5 heteroatoms. The summed E-state index contributed by atoms with van der Waals surface area (Å²) in [6.45, 7) is 0. The van der Waals surface area contributed by atoms with Crippen LogP contribution in [0.2, 0.25) is 0 Å². The maximum Gasteiger partial charge on any atom is 0.323 e. The quantitative estimate of drug-likeness (QED) is 0.521. The van der Waals surface area contributed by atoms with Crippen molar-refractivity contribution in [1.29, 1.82) is 0 Å². The zero-order valence-corrected chi connectivity index (χ0v) is 10.2. The number of imidazole rings is 1. The number of hydrogen-bond donors (Lipinski definition) is 4. The Labute approximate surface area is 109 Å². The van der Waals surface area contributed by atoms with Crippen LogP contribution in [0.15, 0.2) is 47.3 Å². The van der Waals surface area contributed by atoms with E-state index in [-0.39, 0.29) is 11.7 Å². The van der Waals surface area contributed by atoms with Crippen molar-refractivity contribution in [3.05, 3.63) is 64.1 Å². The van der Waals surface area contributed by atoms with E-state index in [4.69, 9.17) is 11.5 Å². The normalized spacial score (nSPS) is 12.7. The molecular weight excluding hydrogens is 240 g/mol. The molecule has 6 N–H and O–H groups in total. The zero-order valence-electron chi connectivity index (χ0n) is 10.2. The minimum absolute atomic E-state index is 0.215. The van der Waals surface area contributed by atoms with E-state index >= 15 is 0 Å². The molecule has 0 saturated carbocycles. The molecule has 3 rings (SSSR count). The Kier molecular flexibility index (Phi) is 2.61. The molecule has 0 bridgehead atoms. The van der Waals surface area contributed by atoms with Crippen molar-refractivity contribution in [2.75, 3.05) is 5.73 Å². The van der Waals surface area contributed by atoms with Gasteiger partial charge in [0.25, 0.3) is 0 Å². The van der Waals surface area contributed by atoms with Crippen molar-refractivity contribution < 1.29 is 0 Å². The van der Waals surface area contributed by atoms with Gasteiger partial charge in [0, 0.05) is 5.69 Å². The molecule has 3 aromatic rings. The molecule has 0 radical (unpaired) electrons. The third-order valence-electron chi connectivity index (χ3n) is 3.19. The van der Waals surface area contributed by atoms with Gasteiger partial charge in [-0.3, -0.25) is 0 Å². The van der Waals surface area contributed by atoms with Gasteiger partial charge in [0.05, 0.1) is 17.1 Å². The number of aromatic amines is 2. The molecule has 1 heterocycles. The number of rotatable bonds is 2. The number of nitrogens with one attached hydrogen (secondary N) is 2. The van der Waals surface area contributed by atoms with E-state index in [9.17, 15) is 4.79 Å². The lowest BCUT2D eigenvalue weighted by atomic mass is 9.99. The van der Waals surface area contributed by atoms with Crippen molar-refractivity contribution in [3.63, 3.8) is 0 Å². The first-order valence-corrected chi connectivity index (χ1v) is 5.96. The SMILES string of the molecule is Nc1ccc(C(N)c2ccc3[nH]c(=O)[nH]c3c2)cc1. The number of nitrogen functional groups attached to an aromatic ring is 1. The number of anilines is 1. The molecule has 0 fully saturated rings. The van der Waals surface area contributed by atoms with E-state index in [1.165, 1.54) is 0 Å². The average molecular weight is 254 g/mol. The summed E-state index contributed by atoms with van der Waals surface area (Å²) in [5.41, 5.74) is 15.8. The van der Waals surface area contributed by atoms with Crippen LogP contribution in [0.1, 0.15) is 17.2 Å². The van der Waals surface area contributed by atoms with Gasteiger partial charge in [-0.1, -0.05) is 18.2 Å². The second-order valence-corrected chi connectivity index (χ2v) is 4.53. The van der Waals surface area contributed by atoms with Crippen molar-refractivity contribution in [3.8, 4) is 0 Å². The fourth-order valence-corrected chi connectivity index (χ4v) is 2.14. The summed E-state index contributed by atoms with van der Waals surface area (Å²) in [5, 5.41) is 0. The number of fused-ring (bicyclic) bond motifs is 1. The fourth-order valence-electron chi connectivity index (χ4n) is 2.14. The molecule has 1 atom stereocenters. The Bertz CT molecular complexity index is 770. The Hall–Kier alpha value is -2.53. The van der Waals surface area contributed by atoms with Crippen molar-refractivity contribution in [2.24, 2.45) is 5.73 Å². The average Bonchev–Trinajstić information content (AvgIpc) is 2.77. The van der Waals surface area contributed by atoms with Gasteiger partial charge in [-0.05, 0) is 35.4 Å². The summed E-state index contributed by atoms with van der Waals surface area (Å²) >= 11 is 0. The molecule has 0 aliphatic rings. The molecular formula is C14H14N4O. The molecule has 19 heavy (non-hydrogen) atoms. The summed E-state index contributed by atoms with van der Waals surface area (Å²) in [6, 6.07) is 12.9. The van der Waals surface area contributed by atoms with Crippen LogP contribution in [-0.2, 0) is 0 Å². The Morgan fingerprint density at radius 1 is 0.895 bits per heavy atom. The van der Waals surface area contributed by atoms with E-state index in [1.807, 2.05) is 42.5 Å². The monoisotopic (exact) mass is 254 g/mol. The van der Waals surface area contributed by atoms with E-state index in [0.29, 0.717) is 5.69 Å². The summed E-state index contributed by atoms with van der Waals surface area (Å²) in [4.78, 5) is 16.7. The first-order chi connectivity index (χ1) is 9.13. The molecule has 1 aromatic heterocycles. The number of H-pyrrole nitrogens is 2. The summed E-state index contributed by atoms with van der Waals surface area (Å²) in [7, 11) is 0. The summed E-state index contributed by atoms with van der Waals surface area (Å²) in [6.07, 6.45) is 0. The Morgan fingerprint density at radius 3 is 2.26 bits per heavy atom. The highest BCUT2D eigenvalue weighted by Gasteiger charge is 2.10. The van der Waals surface area contributed by atoms with E-state index in [2.05, 4.69) is 9.97 Å². The molecule has 0 saturated heterocycles. The lowest BCUT2D eigenvalue weighted by Crippen LogP contribution is -2.11. The maximum atomic E-state index is 11.2. The van der Waals surface area contributed by atoms with Crippen molar-refractivity contribution in [1.82, 2.24) is 9.97 Å². The van der Waals surface area contributed by atoms with Gasteiger partial charge >= 0.3 is 5.69 Å². The summed E-state index contributed by atoms with van der Waals surface area (Å²) < 4.78 is 0. The second-order valence-electron chi connectivity index (χ2n) is 4.53. The van der Waals surface area contributed by atoms with Crippen LogP contribution in [0, 0.1) is 0 Å². The molecule has 1 unspecified atom stereocenters. The molecule has 0 amide bonds. The lowest BCUT2D eigenvalue weighted by molar-refractivity contribution is 0.873. The minimum atomic E-state index is -0.247. The van der Waals surface area contributed by atoms with Crippen LogP contribution in [0.25, 0.3) is 11.0 Å². The third kappa shape index (κ3) is 2.11. The standard InChI is InChI=1S/C14H14N4O/c15-10-4-1-8(2-5-10)13(16)9-3-6-11-12(7-9)18-14(19)17-11/h1-7,13H,15-16H2,(H2,17,18,19). The topological polar surface area (TPSA) is 101 Å². The second kappa shape index (κ2) is 4.29. The number of benzene rings is 2. The maximum absolute atomic E-state index is 11.2.